The van der Waals surface area contributed by atoms with Crippen LogP contribution in [-0.2, 0) is 0 Å². The fourth-order valence-corrected chi connectivity index (χ4v) is 2.55. The Balaban J connectivity index is 1.52. The highest BCUT2D eigenvalue weighted by Gasteiger charge is 2.15. The van der Waals surface area contributed by atoms with E-state index in [1.807, 2.05) is 55.7 Å². The van der Waals surface area contributed by atoms with Crippen LogP contribution >= 0.6 is 0 Å². The fourth-order valence-electron chi connectivity index (χ4n) is 2.55. The van der Waals surface area contributed by atoms with E-state index >= 15 is 0 Å². The molecular weight excluding hydrogens is 288 g/mol. The molecule has 5 nitrogen and oxygen atoms in total. The molecule has 0 aliphatic carbocycles. The maximum Gasteiger partial charge on any atom is 0.128 e. The molecule has 0 N–H and O–H groups in total. The van der Waals surface area contributed by atoms with E-state index in [-0.39, 0.29) is 0 Å². The first kappa shape index (κ1) is 15.3. The lowest BCUT2D eigenvalue weighted by atomic mass is 10.2. The van der Waals surface area contributed by atoms with Gasteiger partial charge in [0, 0.05) is 19.3 Å². The van der Waals surface area contributed by atoms with Crippen molar-refractivity contribution in [2.45, 2.75) is 6.92 Å². The van der Waals surface area contributed by atoms with Gasteiger partial charge in [0.2, 0.25) is 0 Å². The number of nitrogens with zero attached hydrogens (tertiary/aromatic N) is 4. The summed E-state index contributed by atoms with van der Waals surface area (Å²) in [5, 5.41) is 6.68. The Morgan fingerprint density at radius 3 is 2.52 bits per heavy atom. The van der Waals surface area contributed by atoms with Crippen molar-refractivity contribution in [3.05, 3.63) is 54.2 Å². The molecule has 120 valence electrons. The van der Waals surface area contributed by atoms with Gasteiger partial charge in [-0.15, -0.1) is 0 Å². The number of benzene rings is 1. The quantitative estimate of drug-likeness (QED) is 0.796. The third-order valence-electron chi connectivity index (χ3n) is 3.79. The van der Waals surface area contributed by atoms with Crippen molar-refractivity contribution in [1.82, 2.24) is 9.99 Å². The van der Waals surface area contributed by atoms with Crippen molar-refractivity contribution in [2.75, 3.05) is 37.7 Å². The number of hydrazone groups is 1. The summed E-state index contributed by atoms with van der Waals surface area (Å²) >= 11 is 0. The minimum absolute atomic E-state index is 0.688. The van der Waals surface area contributed by atoms with Crippen molar-refractivity contribution in [3.8, 4) is 5.75 Å². The molecule has 2 heterocycles. The molecule has 0 saturated carbocycles. The van der Waals surface area contributed by atoms with Crippen LogP contribution in [-0.4, -0.2) is 49.0 Å². The molecule has 1 aliphatic heterocycles. The average molecular weight is 310 g/mol. The molecule has 0 bridgehead atoms. The number of hydrogen-bond donors (Lipinski definition) is 0. The van der Waals surface area contributed by atoms with Gasteiger partial charge < -0.3 is 9.64 Å². The van der Waals surface area contributed by atoms with Gasteiger partial charge in [0.1, 0.15) is 11.6 Å². The Labute approximate surface area is 137 Å². The minimum Gasteiger partial charge on any atom is -0.494 e. The molecule has 1 aliphatic rings. The van der Waals surface area contributed by atoms with E-state index in [0.717, 1.165) is 43.3 Å². The van der Waals surface area contributed by atoms with Gasteiger partial charge in [-0.3, -0.25) is 5.01 Å². The number of hydrogen-bond acceptors (Lipinski definition) is 5. The second-order valence-electron chi connectivity index (χ2n) is 5.38. The van der Waals surface area contributed by atoms with Crippen LogP contribution in [0.4, 0.5) is 5.82 Å². The first-order chi connectivity index (χ1) is 11.3. The second-order valence-corrected chi connectivity index (χ2v) is 5.38. The number of aromatic nitrogens is 1. The zero-order valence-corrected chi connectivity index (χ0v) is 13.4. The first-order valence-corrected chi connectivity index (χ1v) is 8.03. The van der Waals surface area contributed by atoms with Crippen LogP contribution in [0, 0.1) is 0 Å². The smallest absolute Gasteiger partial charge is 0.128 e. The Morgan fingerprint density at radius 1 is 1.09 bits per heavy atom. The number of pyridine rings is 1. The number of rotatable bonds is 5. The highest BCUT2D eigenvalue weighted by molar-refractivity contribution is 5.79. The van der Waals surface area contributed by atoms with Crippen LogP contribution in [0.2, 0.25) is 0 Å². The molecule has 1 fully saturated rings. The molecule has 3 rings (SSSR count). The largest absolute Gasteiger partial charge is 0.494 e. The molecule has 0 amide bonds. The first-order valence-electron chi connectivity index (χ1n) is 8.03. The van der Waals surface area contributed by atoms with E-state index in [1.165, 1.54) is 0 Å². The molecule has 0 atom stereocenters. The normalized spacial score (nSPS) is 15.2. The molecule has 0 radical (unpaired) electrons. The Kier molecular flexibility index (Phi) is 5.09. The van der Waals surface area contributed by atoms with Gasteiger partial charge in [0.15, 0.2) is 0 Å². The van der Waals surface area contributed by atoms with Gasteiger partial charge in [0.05, 0.1) is 25.9 Å². The van der Waals surface area contributed by atoms with Crippen molar-refractivity contribution in [1.29, 1.82) is 0 Å². The monoisotopic (exact) mass is 310 g/mol. The fraction of sp³-hybridized carbons (Fsp3) is 0.333. The number of anilines is 1. The summed E-state index contributed by atoms with van der Waals surface area (Å²) < 4.78 is 5.44. The minimum atomic E-state index is 0.688. The molecule has 1 aromatic heterocycles. The van der Waals surface area contributed by atoms with Crippen LogP contribution in [0.1, 0.15) is 12.5 Å². The van der Waals surface area contributed by atoms with Gasteiger partial charge in [0.25, 0.3) is 0 Å². The van der Waals surface area contributed by atoms with E-state index in [4.69, 9.17) is 4.74 Å². The van der Waals surface area contributed by atoms with Crippen molar-refractivity contribution in [2.24, 2.45) is 5.10 Å². The Bertz CT molecular complexity index is 619. The van der Waals surface area contributed by atoms with Crippen molar-refractivity contribution < 1.29 is 4.74 Å². The number of ether oxygens (including phenoxy) is 1. The lowest BCUT2D eigenvalue weighted by Crippen LogP contribution is -2.44. The van der Waals surface area contributed by atoms with Crippen LogP contribution < -0.4 is 9.64 Å². The van der Waals surface area contributed by atoms with Gasteiger partial charge >= 0.3 is 0 Å². The molecule has 1 aromatic carbocycles. The zero-order valence-electron chi connectivity index (χ0n) is 13.4. The standard InChI is InChI=1S/C18H22N4O/c1-2-23-17-8-6-16(7-9-17)15-20-22-13-11-21(12-14-22)18-5-3-4-10-19-18/h3-10,15H,2,11-14H2,1H3/b20-15-. The van der Waals surface area contributed by atoms with Gasteiger partial charge in [-0.25, -0.2) is 4.98 Å². The predicted molar refractivity (Wildman–Crippen MR) is 93.2 cm³/mol. The van der Waals surface area contributed by atoms with E-state index in [2.05, 4.69) is 26.1 Å². The van der Waals surface area contributed by atoms with E-state index in [9.17, 15) is 0 Å². The molecule has 5 heteroatoms. The van der Waals surface area contributed by atoms with Gasteiger partial charge in [-0.2, -0.15) is 5.10 Å². The summed E-state index contributed by atoms with van der Waals surface area (Å²) in [6.07, 6.45) is 3.75. The van der Waals surface area contributed by atoms with E-state index in [1.54, 1.807) is 0 Å². The maximum absolute atomic E-state index is 5.44. The van der Waals surface area contributed by atoms with Gasteiger partial charge in [-0.05, 0) is 48.9 Å². The number of piperazine rings is 1. The van der Waals surface area contributed by atoms with Crippen LogP contribution in [0.25, 0.3) is 0 Å². The summed E-state index contributed by atoms with van der Waals surface area (Å²) in [5.41, 5.74) is 1.08. The molecule has 23 heavy (non-hydrogen) atoms. The zero-order chi connectivity index (χ0) is 15.9. The van der Waals surface area contributed by atoms with Crippen molar-refractivity contribution >= 4 is 12.0 Å². The summed E-state index contributed by atoms with van der Waals surface area (Å²) in [7, 11) is 0. The molecule has 0 unspecified atom stereocenters. The maximum atomic E-state index is 5.44. The lowest BCUT2D eigenvalue weighted by Gasteiger charge is -2.33. The highest BCUT2D eigenvalue weighted by Crippen LogP contribution is 2.13. The van der Waals surface area contributed by atoms with E-state index < -0.39 is 0 Å². The SMILES string of the molecule is CCOc1ccc(/C=N\N2CCN(c3ccccn3)CC2)cc1. The van der Waals surface area contributed by atoms with Crippen LogP contribution in [0.15, 0.2) is 53.8 Å². The summed E-state index contributed by atoms with van der Waals surface area (Å²) in [6.45, 7) is 6.37. The predicted octanol–water partition coefficient (Wildman–Crippen LogP) is 2.64. The second kappa shape index (κ2) is 7.63. The van der Waals surface area contributed by atoms with Crippen LogP contribution in [0.5, 0.6) is 5.75 Å². The van der Waals surface area contributed by atoms with Crippen LogP contribution in [0.3, 0.4) is 0 Å². The summed E-state index contributed by atoms with van der Waals surface area (Å²) in [5.74, 6) is 1.94. The van der Waals surface area contributed by atoms with Gasteiger partial charge in [-0.1, -0.05) is 6.07 Å². The van der Waals surface area contributed by atoms with Crippen molar-refractivity contribution in [3.63, 3.8) is 0 Å². The third kappa shape index (κ3) is 4.22. The lowest BCUT2D eigenvalue weighted by molar-refractivity contribution is 0.271. The molecule has 2 aromatic rings. The Hall–Kier alpha value is -2.56. The van der Waals surface area contributed by atoms with E-state index in [0.29, 0.717) is 6.61 Å². The average Bonchev–Trinajstić information content (AvgIpc) is 2.63. The Morgan fingerprint density at radius 2 is 1.87 bits per heavy atom. The molecule has 0 spiro atoms. The highest BCUT2D eigenvalue weighted by atomic mass is 16.5. The topological polar surface area (TPSA) is 41.0 Å². The summed E-state index contributed by atoms with van der Waals surface area (Å²) in [4.78, 5) is 6.70. The summed E-state index contributed by atoms with van der Waals surface area (Å²) in [6, 6.07) is 14.0. The molecular formula is C18H22N4O. The molecule has 1 saturated heterocycles. The third-order valence-corrected chi connectivity index (χ3v) is 3.79.